The molecule has 0 radical (unpaired) electrons. The summed E-state index contributed by atoms with van der Waals surface area (Å²) >= 11 is 1.60. The number of carbonyl (C=O) groups is 1. The molecule has 3 aromatic rings. The van der Waals surface area contributed by atoms with Crippen molar-refractivity contribution in [1.82, 2.24) is 10.3 Å². The van der Waals surface area contributed by atoms with Crippen LogP contribution < -0.4 is 5.32 Å². The number of aromatic nitrogens is 1. The number of nitro benzene ring substituents is 1. The maximum absolute atomic E-state index is 12.4. The number of amides is 1. The van der Waals surface area contributed by atoms with Gasteiger partial charge in [0.05, 0.1) is 15.6 Å². The van der Waals surface area contributed by atoms with E-state index in [-0.39, 0.29) is 11.6 Å². The Morgan fingerprint density at radius 3 is 2.54 bits per heavy atom. The first-order valence-corrected chi connectivity index (χ1v) is 8.87. The summed E-state index contributed by atoms with van der Waals surface area (Å²) in [5.74, 6) is -0.328. The Morgan fingerprint density at radius 1 is 1.19 bits per heavy atom. The van der Waals surface area contributed by atoms with Crippen LogP contribution in [0.5, 0.6) is 0 Å². The van der Waals surface area contributed by atoms with E-state index in [4.69, 9.17) is 0 Å². The van der Waals surface area contributed by atoms with E-state index < -0.39 is 4.92 Å². The molecule has 0 atom stereocenters. The molecule has 132 valence electrons. The van der Waals surface area contributed by atoms with Crippen molar-refractivity contribution in [1.29, 1.82) is 0 Å². The van der Waals surface area contributed by atoms with Gasteiger partial charge in [0, 0.05) is 34.7 Å². The quantitative estimate of drug-likeness (QED) is 0.539. The van der Waals surface area contributed by atoms with Crippen molar-refractivity contribution in [3.8, 4) is 11.3 Å². The first-order chi connectivity index (χ1) is 12.5. The third-order valence-electron chi connectivity index (χ3n) is 4.07. The molecule has 1 heterocycles. The van der Waals surface area contributed by atoms with Gasteiger partial charge in [-0.15, -0.1) is 11.3 Å². The lowest BCUT2D eigenvalue weighted by molar-refractivity contribution is -0.385. The average Bonchev–Trinajstić information content (AvgIpc) is 3.06. The van der Waals surface area contributed by atoms with Crippen LogP contribution in [0.3, 0.4) is 0 Å². The average molecular weight is 367 g/mol. The number of rotatable bonds is 5. The predicted molar refractivity (Wildman–Crippen MR) is 101 cm³/mol. The normalized spacial score (nSPS) is 10.5. The van der Waals surface area contributed by atoms with Crippen LogP contribution in [0, 0.1) is 24.0 Å². The van der Waals surface area contributed by atoms with Crippen molar-refractivity contribution in [3.05, 3.63) is 79.7 Å². The second-order valence-electron chi connectivity index (χ2n) is 5.84. The Labute approximate surface area is 154 Å². The minimum Gasteiger partial charge on any atom is -0.348 e. The standard InChI is InChI=1S/C19H17N3O3S/c1-12-16(4-3-5-18(12)22(24)25)19(23)20-10-14-6-8-15(9-7-14)17-11-26-13(2)21-17/h3-9,11H,10H2,1-2H3,(H,20,23). The first kappa shape index (κ1) is 17.8. The molecule has 0 fully saturated rings. The molecule has 1 aromatic heterocycles. The van der Waals surface area contributed by atoms with Crippen LogP contribution in [0.2, 0.25) is 0 Å². The summed E-state index contributed by atoms with van der Waals surface area (Å²) < 4.78 is 0. The van der Waals surface area contributed by atoms with E-state index in [0.29, 0.717) is 17.7 Å². The maximum Gasteiger partial charge on any atom is 0.273 e. The molecule has 0 unspecified atom stereocenters. The summed E-state index contributed by atoms with van der Waals surface area (Å²) in [6.07, 6.45) is 0. The van der Waals surface area contributed by atoms with Gasteiger partial charge in [0.1, 0.15) is 0 Å². The summed E-state index contributed by atoms with van der Waals surface area (Å²) in [6, 6.07) is 12.3. The Kier molecular flexibility index (Phi) is 5.09. The zero-order chi connectivity index (χ0) is 18.7. The van der Waals surface area contributed by atoms with Crippen LogP contribution in [0.1, 0.15) is 26.5 Å². The van der Waals surface area contributed by atoms with Crippen molar-refractivity contribution in [2.24, 2.45) is 0 Å². The van der Waals surface area contributed by atoms with E-state index in [9.17, 15) is 14.9 Å². The Hall–Kier alpha value is -3.06. The lowest BCUT2D eigenvalue weighted by Gasteiger charge is -2.08. The molecule has 1 amide bonds. The highest BCUT2D eigenvalue weighted by Gasteiger charge is 2.17. The van der Waals surface area contributed by atoms with E-state index in [1.165, 1.54) is 12.1 Å². The molecule has 0 saturated carbocycles. The Morgan fingerprint density at radius 2 is 1.92 bits per heavy atom. The molecule has 0 aliphatic heterocycles. The largest absolute Gasteiger partial charge is 0.348 e. The third-order valence-corrected chi connectivity index (χ3v) is 4.84. The molecule has 3 rings (SSSR count). The molecular formula is C19H17N3O3S. The van der Waals surface area contributed by atoms with Crippen molar-refractivity contribution >= 4 is 22.9 Å². The van der Waals surface area contributed by atoms with Gasteiger partial charge in [0.2, 0.25) is 0 Å². The van der Waals surface area contributed by atoms with E-state index in [1.54, 1.807) is 24.3 Å². The summed E-state index contributed by atoms with van der Waals surface area (Å²) in [7, 11) is 0. The van der Waals surface area contributed by atoms with Gasteiger partial charge in [-0.25, -0.2) is 4.98 Å². The number of nitrogens with one attached hydrogen (secondary N) is 1. The molecule has 0 bridgehead atoms. The SMILES string of the molecule is Cc1nc(-c2ccc(CNC(=O)c3cccc([N+](=O)[O-])c3C)cc2)cs1. The molecule has 0 aliphatic carbocycles. The third kappa shape index (κ3) is 3.78. The summed E-state index contributed by atoms with van der Waals surface area (Å²) in [6.45, 7) is 3.89. The monoisotopic (exact) mass is 367 g/mol. The molecular weight excluding hydrogens is 350 g/mol. The van der Waals surface area contributed by atoms with Gasteiger partial charge >= 0.3 is 0 Å². The summed E-state index contributed by atoms with van der Waals surface area (Å²) in [4.78, 5) is 27.3. The Balaban J connectivity index is 1.68. The molecule has 7 heteroatoms. The molecule has 2 aromatic carbocycles. The number of nitrogens with zero attached hydrogens (tertiary/aromatic N) is 2. The van der Waals surface area contributed by atoms with Crippen molar-refractivity contribution in [2.45, 2.75) is 20.4 Å². The second-order valence-corrected chi connectivity index (χ2v) is 6.90. The molecule has 26 heavy (non-hydrogen) atoms. The topological polar surface area (TPSA) is 85.1 Å². The number of hydrogen-bond acceptors (Lipinski definition) is 5. The summed E-state index contributed by atoms with van der Waals surface area (Å²) in [5.41, 5.74) is 3.53. The number of benzene rings is 2. The van der Waals surface area contributed by atoms with Crippen molar-refractivity contribution in [2.75, 3.05) is 0 Å². The minimum atomic E-state index is -0.481. The smallest absolute Gasteiger partial charge is 0.273 e. The second kappa shape index (κ2) is 7.45. The number of hydrogen-bond donors (Lipinski definition) is 1. The van der Waals surface area contributed by atoms with Crippen molar-refractivity contribution in [3.63, 3.8) is 0 Å². The highest BCUT2D eigenvalue weighted by atomic mass is 32.1. The van der Waals surface area contributed by atoms with Crippen LogP contribution in [-0.2, 0) is 6.54 Å². The zero-order valence-electron chi connectivity index (χ0n) is 14.4. The molecule has 6 nitrogen and oxygen atoms in total. The number of carbonyl (C=O) groups excluding carboxylic acids is 1. The maximum atomic E-state index is 12.4. The predicted octanol–water partition coefficient (Wildman–Crippen LogP) is 4.27. The van der Waals surface area contributed by atoms with E-state index in [0.717, 1.165) is 21.8 Å². The van der Waals surface area contributed by atoms with Gasteiger partial charge in [-0.2, -0.15) is 0 Å². The number of aryl methyl sites for hydroxylation is 1. The van der Waals surface area contributed by atoms with Gasteiger partial charge in [-0.05, 0) is 25.5 Å². The van der Waals surface area contributed by atoms with Gasteiger partial charge in [0.25, 0.3) is 11.6 Å². The first-order valence-electron chi connectivity index (χ1n) is 7.99. The Bertz CT molecular complexity index is 964. The van der Waals surface area contributed by atoms with Crippen LogP contribution >= 0.6 is 11.3 Å². The van der Waals surface area contributed by atoms with Crippen LogP contribution in [0.4, 0.5) is 5.69 Å². The van der Waals surface area contributed by atoms with Gasteiger partial charge in [0.15, 0.2) is 0 Å². The van der Waals surface area contributed by atoms with Crippen molar-refractivity contribution < 1.29 is 9.72 Å². The number of nitro groups is 1. The lowest BCUT2D eigenvalue weighted by atomic mass is 10.1. The number of thiazole rings is 1. The highest BCUT2D eigenvalue weighted by molar-refractivity contribution is 7.09. The highest BCUT2D eigenvalue weighted by Crippen LogP contribution is 2.23. The van der Waals surface area contributed by atoms with Gasteiger partial charge in [-0.1, -0.05) is 30.3 Å². The zero-order valence-corrected chi connectivity index (χ0v) is 15.2. The fourth-order valence-corrected chi connectivity index (χ4v) is 3.26. The molecule has 1 N–H and O–H groups in total. The van der Waals surface area contributed by atoms with Gasteiger partial charge in [-0.3, -0.25) is 14.9 Å². The van der Waals surface area contributed by atoms with Gasteiger partial charge < -0.3 is 5.32 Å². The molecule has 0 spiro atoms. The fourth-order valence-electron chi connectivity index (χ4n) is 2.63. The molecule has 0 saturated heterocycles. The molecule has 0 aliphatic rings. The van der Waals surface area contributed by atoms with Crippen LogP contribution in [-0.4, -0.2) is 15.8 Å². The van der Waals surface area contributed by atoms with E-state index in [2.05, 4.69) is 10.3 Å². The van der Waals surface area contributed by atoms with E-state index >= 15 is 0 Å². The van der Waals surface area contributed by atoms with Crippen LogP contribution in [0.15, 0.2) is 47.8 Å². The summed E-state index contributed by atoms with van der Waals surface area (Å²) in [5, 5.41) is 16.8. The fraction of sp³-hybridized carbons (Fsp3) is 0.158. The lowest BCUT2D eigenvalue weighted by Crippen LogP contribution is -2.23. The minimum absolute atomic E-state index is 0.0550. The van der Waals surface area contributed by atoms with Crippen LogP contribution in [0.25, 0.3) is 11.3 Å². The van der Waals surface area contributed by atoms with E-state index in [1.807, 2.05) is 36.6 Å².